The molecule has 1 aliphatic heterocycles. The summed E-state index contributed by atoms with van der Waals surface area (Å²) in [5.41, 5.74) is 7.90. The Kier molecular flexibility index (Phi) is 6.66. The van der Waals surface area contributed by atoms with Crippen molar-refractivity contribution in [1.82, 2.24) is 4.81 Å². The highest BCUT2D eigenvalue weighted by Gasteiger charge is 2.33. The molecule has 160 valence electrons. The summed E-state index contributed by atoms with van der Waals surface area (Å²) in [6.45, 7) is 6.75. The van der Waals surface area contributed by atoms with Crippen LogP contribution in [0.25, 0.3) is 0 Å². The van der Waals surface area contributed by atoms with Crippen LogP contribution in [0.3, 0.4) is 0 Å². The number of fused-ring (bicyclic) bond motifs is 1. The van der Waals surface area contributed by atoms with Crippen molar-refractivity contribution < 1.29 is 0 Å². The van der Waals surface area contributed by atoms with Crippen molar-refractivity contribution in [1.29, 1.82) is 0 Å². The van der Waals surface area contributed by atoms with Gasteiger partial charge in [0.2, 0.25) is 0 Å². The third-order valence-corrected chi connectivity index (χ3v) is 6.49. The normalized spacial score (nSPS) is 18.0. The highest BCUT2D eigenvalue weighted by molar-refractivity contribution is 6.16. The van der Waals surface area contributed by atoms with Crippen molar-refractivity contribution in [2.45, 2.75) is 31.2 Å². The predicted molar refractivity (Wildman–Crippen MR) is 143 cm³/mol. The quantitative estimate of drug-likeness (QED) is 0.354. The molecule has 0 bridgehead atoms. The molecular weight excluding hydrogens is 388 g/mol. The number of benzene rings is 3. The molecule has 0 aliphatic carbocycles. The Morgan fingerprint density at radius 2 is 1.59 bits per heavy atom. The summed E-state index contributed by atoms with van der Waals surface area (Å²) < 4.78 is 0. The van der Waals surface area contributed by atoms with Gasteiger partial charge in [0.25, 0.3) is 0 Å². The molecule has 0 saturated heterocycles. The van der Waals surface area contributed by atoms with Crippen LogP contribution in [0.4, 0.5) is 11.4 Å². The van der Waals surface area contributed by atoms with Gasteiger partial charge in [0.1, 0.15) is 7.85 Å². The molecule has 3 unspecified atom stereocenters. The minimum Gasteiger partial charge on any atom is -0.387 e. The first kappa shape index (κ1) is 22.2. The van der Waals surface area contributed by atoms with Gasteiger partial charge in [-0.05, 0) is 31.1 Å². The molecule has 1 aliphatic rings. The highest BCUT2D eigenvalue weighted by Crippen LogP contribution is 2.45. The molecule has 3 nitrogen and oxygen atoms in total. The Morgan fingerprint density at radius 3 is 2.16 bits per heavy atom. The molecule has 0 fully saturated rings. The Bertz CT molecular complexity index is 1070. The van der Waals surface area contributed by atoms with Gasteiger partial charge in [-0.2, -0.15) is 0 Å². The predicted octanol–water partition coefficient (Wildman–Crippen LogP) is 4.14. The first-order valence-electron chi connectivity index (χ1n) is 11.4. The zero-order valence-electron chi connectivity index (χ0n) is 19.5. The van der Waals surface area contributed by atoms with Crippen LogP contribution in [0.2, 0.25) is 0 Å². The maximum absolute atomic E-state index is 5.20. The maximum Gasteiger partial charge on any atom is 0.185 e. The van der Waals surface area contributed by atoms with E-state index in [2.05, 4.69) is 113 Å². The second kappa shape index (κ2) is 9.62. The van der Waals surface area contributed by atoms with Crippen molar-refractivity contribution in [3.63, 3.8) is 0 Å². The van der Waals surface area contributed by atoms with Crippen LogP contribution in [0.15, 0.2) is 96.0 Å². The second-order valence-corrected chi connectivity index (χ2v) is 9.02. The number of hydrogen-bond donors (Lipinski definition) is 1. The fourth-order valence-electron chi connectivity index (χ4n) is 4.52. The SMILES string of the molecule is BC1Nc2c(N=C(c3ccccc3)c3ccccc3)cccc2C1C(=C)CC(C)N(B)C. The van der Waals surface area contributed by atoms with Gasteiger partial charge < -0.3 is 10.1 Å². The van der Waals surface area contributed by atoms with Gasteiger partial charge in [0, 0.05) is 23.0 Å². The third-order valence-electron chi connectivity index (χ3n) is 6.49. The van der Waals surface area contributed by atoms with Crippen molar-refractivity contribution in [2.24, 2.45) is 4.99 Å². The molecule has 0 saturated carbocycles. The first-order chi connectivity index (χ1) is 15.5. The maximum atomic E-state index is 5.20. The summed E-state index contributed by atoms with van der Waals surface area (Å²) in [5, 5.41) is 3.73. The van der Waals surface area contributed by atoms with Gasteiger partial charge in [-0.25, -0.2) is 4.99 Å². The van der Waals surface area contributed by atoms with Crippen LogP contribution in [0.1, 0.15) is 36.0 Å². The number of nitrogens with one attached hydrogen (secondary N) is 1. The van der Waals surface area contributed by atoms with E-state index in [1.807, 2.05) is 12.1 Å². The Morgan fingerprint density at radius 1 is 1.00 bits per heavy atom. The lowest BCUT2D eigenvalue weighted by molar-refractivity contribution is 0.411. The van der Waals surface area contributed by atoms with E-state index in [1.165, 1.54) is 11.1 Å². The number of nitrogens with zero attached hydrogens (tertiary/aromatic N) is 2. The van der Waals surface area contributed by atoms with Crippen LogP contribution in [-0.2, 0) is 0 Å². The summed E-state index contributed by atoms with van der Waals surface area (Å²) in [5.74, 6) is 0.583. The summed E-state index contributed by atoms with van der Waals surface area (Å²) in [6, 6.07) is 27.8. The highest BCUT2D eigenvalue weighted by atomic mass is 15.0. The molecule has 3 atom stereocenters. The van der Waals surface area contributed by atoms with Crippen LogP contribution in [0, 0.1) is 0 Å². The standard InChI is InChI=1S/C27H31B2N3/c1-18(17-19(2)32(3)29)24-22-15-10-16-23(26(22)31-27(24)28)30-25(20-11-6-4-7-12-20)21-13-8-5-9-14-21/h4-16,19,24,27,31H,1,17,28-29H2,2-3H3. The topological polar surface area (TPSA) is 27.6 Å². The lowest BCUT2D eigenvalue weighted by Gasteiger charge is -2.26. The Hall–Kier alpha value is -3.04. The molecule has 1 heterocycles. The fraction of sp³-hybridized carbons (Fsp3) is 0.222. The van der Waals surface area contributed by atoms with E-state index in [-0.39, 0.29) is 0 Å². The second-order valence-electron chi connectivity index (χ2n) is 9.02. The van der Waals surface area contributed by atoms with Crippen LogP contribution in [0.5, 0.6) is 0 Å². The Labute approximate surface area is 194 Å². The van der Waals surface area contributed by atoms with Gasteiger partial charge in [0.15, 0.2) is 7.98 Å². The smallest absolute Gasteiger partial charge is 0.185 e. The lowest BCUT2D eigenvalue weighted by Crippen LogP contribution is -2.29. The minimum atomic E-state index is 0.291. The molecule has 0 amide bonds. The molecule has 1 N–H and O–H groups in total. The monoisotopic (exact) mass is 419 g/mol. The lowest BCUT2D eigenvalue weighted by atomic mass is 9.77. The molecule has 32 heavy (non-hydrogen) atoms. The largest absolute Gasteiger partial charge is 0.387 e. The van der Waals surface area contributed by atoms with Crippen molar-refractivity contribution in [3.8, 4) is 0 Å². The zero-order chi connectivity index (χ0) is 22.7. The van der Waals surface area contributed by atoms with Gasteiger partial charge in [-0.3, -0.25) is 0 Å². The number of hydrogen-bond acceptors (Lipinski definition) is 3. The Balaban J connectivity index is 1.75. The molecule has 0 radical (unpaired) electrons. The van der Waals surface area contributed by atoms with E-state index in [9.17, 15) is 0 Å². The molecule has 3 aromatic rings. The number of aliphatic imine (C=N–C) groups is 1. The van der Waals surface area contributed by atoms with E-state index in [1.54, 1.807) is 0 Å². The molecule has 0 spiro atoms. The minimum absolute atomic E-state index is 0.291. The van der Waals surface area contributed by atoms with Gasteiger partial charge in [-0.15, -0.1) is 0 Å². The van der Waals surface area contributed by atoms with Crippen LogP contribution in [-0.4, -0.2) is 45.4 Å². The van der Waals surface area contributed by atoms with Gasteiger partial charge >= 0.3 is 0 Å². The summed E-state index contributed by atoms with van der Waals surface area (Å²) in [4.78, 5) is 7.46. The average molecular weight is 419 g/mol. The average Bonchev–Trinajstić information content (AvgIpc) is 3.15. The van der Waals surface area contributed by atoms with Crippen molar-refractivity contribution in [2.75, 3.05) is 12.4 Å². The van der Waals surface area contributed by atoms with Gasteiger partial charge in [0.05, 0.1) is 17.1 Å². The van der Waals surface area contributed by atoms with Crippen LogP contribution < -0.4 is 5.32 Å². The van der Waals surface area contributed by atoms with E-state index in [4.69, 9.17) is 4.99 Å². The summed E-state index contributed by atoms with van der Waals surface area (Å²) in [6.07, 6.45) is 0.982. The molecular formula is C27H31B2N3. The summed E-state index contributed by atoms with van der Waals surface area (Å²) in [7, 11) is 6.51. The molecule has 3 aromatic carbocycles. The molecule has 5 heteroatoms. The van der Waals surface area contributed by atoms with E-state index in [0.29, 0.717) is 17.9 Å². The van der Waals surface area contributed by atoms with Crippen LogP contribution >= 0.6 is 0 Å². The number of rotatable bonds is 7. The molecule has 4 rings (SSSR count). The summed E-state index contributed by atoms with van der Waals surface area (Å²) >= 11 is 0. The first-order valence-corrected chi connectivity index (χ1v) is 11.4. The number of anilines is 1. The van der Waals surface area contributed by atoms with Crippen molar-refractivity contribution >= 4 is 32.9 Å². The van der Waals surface area contributed by atoms with E-state index < -0.39 is 0 Å². The number of para-hydroxylation sites is 1. The third kappa shape index (κ3) is 4.58. The zero-order valence-corrected chi connectivity index (χ0v) is 19.5. The fourth-order valence-corrected chi connectivity index (χ4v) is 4.52. The van der Waals surface area contributed by atoms with Gasteiger partial charge in [-0.1, -0.05) is 91.9 Å². The molecule has 0 aromatic heterocycles. The van der Waals surface area contributed by atoms with E-state index in [0.717, 1.165) is 34.6 Å². The van der Waals surface area contributed by atoms with E-state index >= 15 is 0 Å². The van der Waals surface area contributed by atoms with Crippen molar-refractivity contribution in [3.05, 3.63) is 108 Å².